The zero-order valence-corrected chi connectivity index (χ0v) is 11.5. The van der Waals surface area contributed by atoms with Crippen molar-refractivity contribution >= 4 is 17.3 Å². The second kappa shape index (κ2) is 7.28. The van der Waals surface area contributed by atoms with Gasteiger partial charge in [0.15, 0.2) is 11.6 Å². The summed E-state index contributed by atoms with van der Waals surface area (Å²) in [7, 11) is 0. The summed E-state index contributed by atoms with van der Waals surface area (Å²) < 4.78 is 18.6. The van der Waals surface area contributed by atoms with Crippen molar-refractivity contribution in [1.82, 2.24) is 0 Å². The number of anilines is 2. The van der Waals surface area contributed by atoms with Crippen LogP contribution in [0, 0.1) is 5.82 Å². The molecule has 2 rings (SSSR count). The van der Waals surface area contributed by atoms with E-state index < -0.39 is 5.82 Å². The van der Waals surface area contributed by atoms with E-state index in [0.29, 0.717) is 24.2 Å². The summed E-state index contributed by atoms with van der Waals surface area (Å²) in [5.74, 6) is -0.326. The van der Waals surface area contributed by atoms with Crippen LogP contribution in [0.4, 0.5) is 15.8 Å². The molecule has 3 N–H and O–H groups in total. The van der Waals surface area contributed by atoms with E-state index in [9.17, 15) is 9.18 Å². The number of ether oxygens (including phenoxy) is 1. The van der Waals surface area contributed by atoms with E-state index in [1.807, 2.05) is 0 Å². The second-order valence-corrected chi connectivity index (χ2v) is 4.56. The number of nitrogens with one attached hydrogen (secondary N) is 1. The Kier molecular flexibility index (Phi) is 5.15. The van der Waals surface area contributed by atoms with Crippen LogP contribution in [0.2, 0.25) is 0 Å². The quantitative estimate of drug-likeness (QED) is 0.633. The minimum Gasteiger partial charge on any atom is -0.491 e. The third-order valence-electron chi connectivity index (χ3n) is 2.81. The van der Waals surface area contributed by atoms with E-state index in [0.717, 1.165) is 0 Å². The number of carbonyl (C=O) groups excluding carboxylic acids is 1. The standard InChI is InChI=1S/C16H17FN2O2/c17-14-7-1-2-8-15(14)21-10-4-9-16(20)19-13-6-3-5-12(18)11-13/h1-3,5-8,11H,4,9-10,18H2,(H,19,20). The maximum Gasteiger partial charge on any atom is 0.224 e. The van der Waals surface area contributed by atoms with Crippen LogP contribution in [-0.4, -0.2) is 12.5 Å². The molecule has 2 aromatic carbocycles. The van der Waals surface area contributed by atoms with Gasteiger partial charge >= 0.3 is 0 Å². The smallest absolute Gasteiger partial charge is 0.224 e. The monoisotopic (exact) mass is 288 g/mol. The van der Waals surface area contributed by atoms with Gasteiger partial charge in [-0.1, -0.05) is 18.2 Å². The number of benzene rings is 2. The van der Waals surface area contributed by atoms with Crippen molar-refractivity contribution < 1.29 is 13.9 Å². The van der Waals surface area contributed by atoms with Crippen LogP contribution < -0.4 is 15.8 Å². The summed E-state index contributed by atoms with van der Waals surface area (Å²) in [6.07, 6.45) is 0.797. The average Bonchev–Trinajstić information content (AvgIpc) is 2.45. The Morgan fingerprint density at radius 2 is 2.00 bits per heavy atom. The van der Waals surface area contributed by atoms with Gasteiger partial charge in [0.25, 0.3) is 0 Å². The summed E-state index contributed by atoms with van der Waals surface area (Å²) in [6, 6.07) is 13.2. The predicted molar refractivity (Wildman–Crippen MR) is 80.6 cm³/mol. The molecule has 4 nitrogen and oxygen atoms in total. The summed E-state index contributed by atoms with van der Waals surface area (Å²) >= 11 is 0. The third kappa shape index (κ3) is 4.80. The van der Waals surface area contributed by atoms with Crippen molar-refractivity contribution in [2.45, 2.75) is 12.8 Å². The van der Waals surface area contributed by atoms with E-state index in [1.54, 1.807) is 42.5 Å². The molecule has 0 radical (unpaired) electrons. The molecule has 110 valence electrons. The van der Waals surface area contributed by atoms with Crippen LogP contribution >= 0.6 is 0 Å². The number of hydrogen-bond acceptors (Lipinski definition) is 3. The van der Waals surface area contributed by atoms with Gasteiger partial charge in [-0.2, -0.15) is 0 Å². The number of hydrogen-bond donors (Lipinski definition) is 2. The van der Waals surface area contributed by atoms with E-state index >= 15 is 0 Å². The first kappa shape index (κ1) is 14.8. The number of para-hydroxylation sites is 1. The molecule has 0 atom stereocenters. The maximum absolute atomic E-state index is 13.3. The first-order chi connectivity index (χ1) is 10.1. The van der Waals surface area contributed by atoms with E-state index in [1.165, 1.54) is 6.07 Å². The molecular formula is C16H17FN2O2. The Labute approximate surface area is 122 Å². The van der Waals surface area contributed by atoms with Crippen molar-refractivity contribution in [3.8, 4) is 5.75 Å². The van der Waals surface area contributed by atoms with Crippen LogP contribution in [0.5, 0.6) is 5.75 Å². The molecule has 21 heavy (non-hydrogen) atoms. The molecule has 2 aromatic rings. The van der Waals surface area contributed by atoms with Crippen LogP contribution in [-0.2, 0) is 4.79 Å². The predicted octanol–water partition coefficient (Wildman–Crippen LogP) is 3.21. The molecule has 0 bridgehead atoms. The van der Waals surface area contributed by atoms with Crippen molar-refractivity contribution in [2.75, 3.05) is 17.7 Å². The third-order valence-corrected chi connectivity index (χ3v) is 2.81. The zero-order chi connectivity index (χ0) is 15.1. The second-order valence-electron chi connectivity index (χ2n) is 4.56. The topological polar surface area (TPSA) is 64.3 Å². The lowest BCUT2D eigenvalue weighted by atomic mass is 10.2. The van der Waals surface area contributed by atoms with Gasteiger partial charge < -0.3 is 15.8 Å². The van der Waals surface area contributed by atoms with Gasteiger partial charge in [-0.25, -0.2) is 4.39 Å². The highest BCUT2D eigenvalue weighted by molar-refractivity contribution is 5.91. The van der Waals surface area contributed by atoms with Crippen molar-refractivity contribution in [1.29, 1.82) is 0 Å². The molecule has 5 heteroatoms. The van der Waals surface area contributed by atoms with E-state index in [2.05, 4.69) is 5.32 Å². The Bertz CT molecular complexity index is 617. The van der Waals surface area contributed by atoms with Gasteiger partial charge in [-0.05, 0) is 36.8 Å². The summed E-state index contributed by atoms with van der Waals surface area (Å²) in [6.45, 7) is 0.283. The number of carbonyl (C=O) groups is 1. The molecule has 0 aliphatic rings. The number of nitrogen functional groups attached to an aromatic ring is 1. The van der Waals surface area contributed by atoms with Crippen LogP contribution in [0.1, 0.15) is 12.8 Å². The van der Waals surface area contributed by atoms with Gasteiger partial charge in [0.2, 0.25) is 5.91 Å². The number of rotatable bonds is 6. The average molecular weight is 288 g/mol. The molecule has 0 aliphatic carbocycles. The molecule has 0 saturated carbocycles. The van der Waals surface area contributed by atoms with Crippen LogP contribution in [0.15, 0.2) is 48.5 Å². The highest BCUT2D eigenvalue weighted by Crippen LogP contribution is 2.16. The van der Waals surface area contributed by atoms with Gasteiger partial charge in [-0.15, -0.1) is 0 Å². The largest absolute Gasteiger partial charge is 0.491 e. The summed E-state index contributed by atoms with van der Waals surface area (Å²) in [5, 5.41) is 2.74. The van der Waals surface area contributed by atoms with Crippen molar-refractivity contribution in [3.05, 3.63) is 54.3 Å². The molecule has 0 heterocycles. The van der Waals surface area contributed by atoms with E-state index in [-0.39, 0.29) is 18.3 Å². The lowest BCUT2D eigenvalue weighted by Crippen LogP contribution is -2.13. The Morgan fingerprint density at radius 3 is 2.76 bits per heavy atom. The van der Waals surface area contributed by atoms with Crippen LogP contribution in [0.25, 0.3) is 0 Å². The normalized spacial score (nSPS) is 10.1. The Hall–Kier alpha value is -2.56. The fraction of sp³-hybridized carbons (Fsp3) is 0.188. The van der Waals surface area contributed by atoms with Crippen molar-refractivity contribution in [3.63, 3.8) is 0 Å². The molecular weight excluding hydrogens is 271 g/mol. The number of halogens is 1. The minimum atomic E-state index is -0.401. The summed E-state index contributed by atoms with van der Waals surface area (Å²) in [5.41, 5.74) is 6.88. The fourth-order valence-corrected chi connectivity index (χ4v) is 1.82. The highest BCUT2D eigenvalue weighted by Gasteiger charge is 2.04. The fourth-order valence-electron chi connectivity index (χ4n) is 1.82. The highest BCUT2D eigenvalue weighted by atomic mass is 19.1. The SMILES string of the molecule is Nc1cccc(NC(=O)CCCOc2ccccc2F)c1. The number of amides is 1. The van der Waals surface area contributed by atoms with Crippen molar-refractivity contribution in [2.24, 2.45) is 0 Å². The zero-order valence-electron chi connectivity index (χ0n) is 11.5. The van der Waals surface area contributed by atoms with E-state index in [4.69, 9.17) is 10.5 Å². The van der Waals surface area contributed by atoms with Gasteiger partial charge in [0.05, 0.1) is 6.61 Å². The molecule has 0 aliphatic heterocycles. The minimum absolute atomic E-state index is 0.127. The molecule has 0 fully saturated rings. The Morgan fingerprint density at radius 1 is 1.19 bits per heavy atom. The Balaban J connectivity index is 1.71. The van der Waals surface area contributed by atoms with Gasteiger partial charge in [0, 0.05) is 17.8 Å². The first-order valence-corrected chi connectivity index (χ1v) is 6.68. The van der Waals surface area contributed by atoms with Crippen LogP contribution in [0.3, 0.4) is 0 Å². The lowest BCUT2D eigenvalue weighted by molar-refractivity contribution is -0.116. The number of nitrogens with two attached hydrogens (primary N) is 1. The molecule has 0 aromatic heterocycles. The van der Waals surface area contributed by atoms with Gasteiger partial charge in [0.1, 0.15) is 0 Å². The molecule has 0 spiro atoms. The van der Waals surface area contributed by atoms with Gasteiger partial charge in [-0.3, -0.25) is 4.79 Å². The maximum atomic E-state index is 13.3. The lowest BCUT2D eigenvalue weighted by Gasteiger charge is -2.08. The first-order valence-electron chi connectivity index (χ1n) is 6.68. The summed E-state index contributed by atoms with van der Waals surface area (Å²) in [4.78, 5) is 11.7. The molecule has 0 unspecified atom stereocenters. The molecule has 0 saturated heterocycles. The molecule has 1 amide bonds.